The van der Waals surface area contributed by atoms with Gasteiger partial charge in [-0.1, -0.05) is 24.3 Å². The largest absolute Gasteiger partial charge is 0.487 e. The van der Waals surface area contributed by atoms with Crippen molar-refractivity contribution in [2.24, 2.45) is 5.92 Å². The molecule has 51 heavy (non-hydrogen) atoms. The number of halogens is 2. The minimum Gasteiger partial charge on any atom is -0.487 e. The lowest BCUT2D eigenvalue weighted by Gasteiger charge is -2.39. The highest BCUT2D eigenvalue weighted by molar-refractivity contribution is 5.97. The van der Waals surface area contributed by atoms with E-state index in [0.717, 1.165) is 28.9 Å². The van der Waals surface area contributed by atoms with Crippen LogP contribution in [0, 0.1) is 11.7 Å². The lowest BCUT2D eigenvalue weighted by atomic mass is 9.99. The van der Waals surface area contributed by atoms with Crippen LogP contribution in [0.25, 0.3) is 17.0 Å². The lowest BCUT2D eigenvalue weighted by molar-refractivity contribution is -0.138. The summed E-state index contributed by atoms with van der Waals surface area (Å²) in [5, 5.41) is 6.00. The SMILES string of the molecule is C[C@H](NC(=O)[C@@H]1C[C@@H](F)CN1C(=O)CNC(=O)c1ccc2cc(F)ccc2n1)c1cc(OC2CN(C(=O)OC(C)(C)C)C2)ccc1/C=C/C1CC1. The second-order valence-electron chi connectivity index (χ2n) is 14.5. The molecule has 0 unspecified atom stereocenters. The van der Waals surface area contributed by atoms with Crippen molar-refractivity contribution in [2.45, 2.75) is 76.9 Å². The summed E-state index contributed by atoms with van der Waals surface area (Å²) in [4.78, 5) is 58.9. The Morgan fingerprint density at radius 2 is 1.80 bits per heavy atom. The van der Waals surface area contributed by atoms with E-state index in [1.54, 1.807) is 11.0 Å². The van der Waals surface area contributed by atoms with Gasteiger partial charge in [0.15, 0.2) is 0 Å². The molecule has 11 nitrogen and oxygen atoms in total. The third-order valence-corrected chi connectivity index (χ3v) is 9.01. The topological polar surface area (TPSA) is 130 Å². The molecule has 13 heteroatoms. The van der Waals surface area contributed by atoms with E-state index >= 15 is 0 Å². The van der Waals surface area contributed by atoms with Crippen molar-refractivity contribution >= 4 is 40.8 Å². The van der Waals surface area contributed by atoms with Gasteiger partial charge in [0.25, 0.3) is 5.91 Å². The van der Waals surface area contributed by atoms with Crippen molar-refractivity contribution in [2.75, 3.05) is 26.2 Å². The van der Waals surface area contributed by atoms with E-state index in [1.165, 1.54) is 24.3 Å². The van der Waals surface area contributed by atoms with Gasteiger partial charge in [-0.15, -0.1) is 0 Å². The standard InChI is InChI=1S/C38H43F2N5O6/c1-22(30-17-28(12-9-24(30)8-7-23-5-6-23)50-29-20-44(21-29)37(49)51-38(2,3)4)42-36(48)33-16-27(40)19-45(33)34(46)18-41-35(47)32-13-10-25-15-26(39)11-14-31(25)43-32/h7-15,17,22-23,27,29,33H,5-6,16,18-21H2,1-4H3,(H,41,47)(H,42,48)/b8-7+/t22-,27+,33-/m0/s1. The maximum Gasteiger partial charge on any atom is 0.410 e. The number of ether oxygens (including phenoxy) is 2. The summed E-state index contributed by atoms with van der Waals surface area (Å²) in [6.45, 7) is 7.29. The highest BCUT2D eigenvalue weighted by Crippen LogP contribution is 2.33. The second kappa shape index (κ2) is 14.7. The first-order valence-electron chi connectivity index (χ1n) is 17.3. The van der Waals surface area contributed by atoms with Crippen LogP contribution in [0.5, 0.6) is 5.75 Å². The number of nitrogens with one attached hydrogen (secondary N) is 2. The van der Waals surface area contributed by atoms with E-state index in [4.69, 9.17) is 9.47 Å². The van der Waals surface area contributed by atoms with Crippen LogP contribution in [0.15, 0.2) is 54.6 Å². The van der Waals surface area contributed by atoms with Crippen molar-refractivity contribution < 1.29 is 37.4 Å². The summed E-state index contributed by atoms with van der Waals surface area (Å²) in [6.07, 6.45) is 4.25. The first kappa shape index (κ1) is 35.7. The monoisotopic (exact) mass is 703 g/mol. The highest BCUT2D eigenvalue weighted by atomic mass is 19.1. The van der Waals surface area contributed by atoms with Gasteiger partial charge in [0.2, 0.25) is 11.8 Å². The van der Waals surface area contributed by atoms with Crippen molar-refractivity contribution in [3.63, 3.8) is 0 Å². The zero-order valence-electron chi connectivity index (χ0n) is 29.2. The van der Waals surface area contributed by atoms with Crippen LogP contribution in [-0.2, 0) is 14.3 Å². The van der Waals surface area contributed by atoms with Gasteiger partial charge >= 0.3 is 6.09 Å². The minimum absolute atomic E-state index is 0.0326. The molecule has 6 rings (SSSR count). The van der Waals surface area contributed by atoms with Crippen LogP contribution in [0.4, 0.5) is 13.6 Å². The molecule has 3 atom stereocenters. The number of amides is 4. The summed E-state index contributed by atoms with van der Waals surface area (Å²) < 4.78 is 39.8. The van der Waals surface area contributed by atoms with Crippen LogP contribution < -0.4 is 15.4 Å². The van der Waals surface area contributed by atoms with Crippen molar-refractivity contribution in [1.29, 1.82) is 0 Å². The average Bonchev–Trinajstić information content (AvgIpc) is 3.81. The van der Waals surface area contributed by atoms with E-state index in [9.17, 15) is 28.0 Å². The Kier molecular flexibility index (Phi) is 10.3. The van der Waals surface area contributed by atoms with Crippen LogP contribution in [0.3, 0.4) is 0 Å². The summed E-state index contributed by atoms with van der Waals surface area (Å²) in [6, 6.07) is 11.0. The zero-order chi connectivity index (χ0) is 36.4. The van der Waals surface area contributed by atoms with E-state index in [1.807, 2.05) is 52.0 Å². The highest BCUT2D eigenvalue weighted by Gasteiger charge is 2.40. The molecule has 1 saturated carbocycles. The Morgan fingerprint density at radius 1 is 1.04 bits per heavy atom. The fraction of sp³-hybridized carbons (Fsp3) is 0.447. The minimum atomic E-state index is -1.41. The van der Waals surface area contributed by atoms with Crippen molar-refractivity contribution in [3.05, 3.63) is 77.2 Å². The fourth-order valence-corrected chi connectivity index (χ4v) is 6.13. The molecule has 1 aliphatic carbocycles. The van der Waals surface area contributed by atoms with Gasteiger partial charge in [-0.25, -0.2) is 18.6 Å². The van der Waals surface area contributed by atoms with Gasteiger partial charge in [-0.2, -0.15) is 0 Å². The van der Waals surface area contributed by atoms with Gasteiger partial charge in [0.05, 0.1) is 37.7 Å². The first-order chi connectivity index (χ1) is 24.2. The summed E-state index contributed by atoms with van der Waals surface area (Å²) in [5.74, 6) is -1.08. The third kappa shape index (κ3) is 9.00. The zero-order valence-corrected chi connectivity index (χ0v) is 29.2. The molecule has 3 aromatic rings. The van der Waals surface area contributed by atoms with Gasteiger partial charge in [0.1, 0.15) is 41.2 Å². The second-order valence-corrected chi connectivity index (χ2v) is 14.5. The van der Waals surface area contributed by atoms with Gasteiger partial charge < -0.3 is 29.9 Å². The summed E-state index contributed by atoms with van der Waals surface area (Å²) in [5.41, 5.74) is 1.53. The Morgan fingerprint density at radius 3 is 2.53 bits per heavy atom. The molecule has 0 bridgehead atoms. The molecular formula is C38H43F2N5O6. The maximum absolute atomic E-state index is 14.7. The quantitative estimate of drug-likeness (QED) is 0.292. The van der Waals surface area contributed by atoms with Crippen molar-refractivity contribution in [3.8, 4) is 5.75 Å². The number of benzene rings is 2. The number of allylic oxidation sites excluding steroid dienone is 1. The van der Waals surface area contributed by atoms with Gasteiger partial charge in [-0.05, 0) is 94.0 Å². The molecule has 2 N–H and O–H groups in total. The number of hydrogen-bond acceptors (Lipinski definition) is 7. The predicted molar refractivity (Wildman–Crippen MR) is 186 cm³/mol. The number of alkyl halides is 1. The Balaban J connectivity index is 1.08. The van der Waals surface area contributed by atoms with E-state index < -0.39 is 60.0 Å². The smallest absolute Gasteiger partial charge is 0.410 e. The first-order valence-corrected chi connectivity index (χ1v) is 17.3. The summed E-state index contributed by atoms with van der Waals surface area (Å²) in [7, 11) is 0. The van der Waals surface area contributed by atoms with Crippen LogP contribution in [0.2, 0.25) is 0 Å². The molecule has 2 aromatic carbocycles. The average molecular weight is 704 g/mol. The number of fused-ring (bicyclic) bond motifs is 1. The van der Waals surface area contributed by atoms with Crippen LogP contribution in [-0.4, -0.2) is 88.7 Å². The number of pyridine rings is 1. The van der Waals surface area contributed by atoms with Gasteiger partial charge in [-0.3, -0.25) is 14.4 Å². The number of carbonyl (C=O) groups excluding carboxylic acids is 4. The van der Waals surface area contributed by atoms with Crippen molar-refractivity contribution in [1.82, 2.24) is 25.4 Å². The predicted octanol–water partition coefficient (Wildman–Crippen LogP) is 5.34. The Labute approximate surface area is 295 Å². The van der Waals surface area contributed by atoms with E-state index in [0.29, 0.717) is 35.7 Å². The Bertz CT molecular complexity index is 1850. The molecule has 0 radical (unpaired) electrons. The molecule has 3 heterocycles. The normalized spacial score (nSPS) is 19.9. The molecule has 3 aliphatic rings. The van der Waals surface area contributed by atoms with E-state index in [-0.39, 0.29) is 24.8 Å². The molecule has 4 amide bonds. The molecule has 2 saturated heterocycles. The molecule has 1 aromatic heterocycles. The molecule has 3 fully saturated rings. The third-order valence-electron chi connectivity index (χ3n) is 9.01. The van der Waals surface area contributed by atoms with Crippen LogP contribution in [0.1, 0.15) is 74.6 Å². The molecule has 2 aliphatic heterocycles. The maximum atomic E-state index is 14.7. The lowest BCUT2D eigenvalue weighted by Crippen LogP contribution is -2.57. The van der Waals surface area contributed by atoms with E-state index in [2.05, 4.69) is 21.7 Å². The number of aromatic nitrogens is 1. The Hall–Kier alpha value is -5.07. The number of carbonyl (C=O) groups is 4. The molecule has 270 valence electrons. The number of nitrogens with zero attached hydrogens (tertiary/aromatic N) is 3. The van der Waals surface area contributed by atoms with Gasteiger partial charge in [0, 0.05) is 11.8 Å². The van der Waals surface area contributed by atoms with Crippen LogP contribution >= 0.6 is 0 Å². The number of likely N-dealkylation sites (tertiary alicyclic amines) is 2. The summed E-state index contributed by atoms with van der Waals surface area (Å²) >= 11 is 0. The molecule has 0 spiro atoms. The number of rotatable bonds is 10. The number of hydrogen-bond donors (Lipinski definition) is 2. The fourth-order valence-electron chi connectivity index (χ4n) is 6.13. The molecular weight excluding hydrogens is 660 g/mol.